The van der Waals surface area contributed by atoms with Gasteiger partial charge in [0, 0.05) is 32.1 Å². The molecule has 3 heteroatoms. The molecule has 1 rings (SSSR count). The number of alkyl halides is 1. The fraction of sp³-hybridized carbons (Fsp3) is 0.571. The lowest BCUT2D eigenvalue weighted by atomic mass is 10.1. The minimum atomic E-state index is 0.663. The fourth-order valence-corrected chi connectivity index (χ4v) is 1.99. The third-order valence-electron chi connectivity index (χ3n) is 2.69. The lowest BCUT2D eigenvalue weighted by Gasteiger charge is -2.24. The van der Waals surface area contributed by atoms with Crippen molar-refractivity contribution in [2.24, 2.45) is 5.92 Å². The van der Waals surface area contributed by atoms with Crippen molar-refractivity contribution in [2.45, 2.75) is 13.5 Å². The summed E-state index contributed by atoms with van der Waals surface area (Å²) in [4.78, 5) is 2.45. The Bertz CT molecular complexity index is 292. The van der Waals surface area contributed by atoms with Crippen molar-refractivity contribution >= 4 is 15.9 Å². The molecule has 1 unspecified atom stereocenters. The molecule has 0 saturated carbocycles. The quantitative estimate of drug-likeness (QED) is 0.684. The van der Waals surface area contributed by atoms with E-state index in [1.54, 1.807) is 7.11 Å². The van der Waals surface area contributed by atoms with Crippen molar-refractivity contribution in [3.05, 3.63) is 35.9 Å². The predicted molar refractivity (Wildman–Crippen MR) is 76.6 cm³/mol. The Balaban J connectivity index is 2.50. The topological polar surface area (TPSA) is 12.5 Å². The SMILES string of the molecule is COCCN(Cc1ccccc1)CC(C)CBr. The molecule has 0 N–H and O–H groups in total. The van der Waals surface area contributed by atoms with Gasteiger partial charge in [-0.3, -0.25) is 4.90 Å². The molecule has 0 saturated heterocycles. The molecule has 0 bridgehead atoms. The Kier molecular flexibility index (Phi) is 7.49. The molecular weight excluding hydrogens is 278 g/mol. The van der Waals surface area contributed by atoms with Crippen molar-refractivity contribution in [2.75, 3.05) is 32.1 Å². The second-order valence-electron chi connectivity index (χ2n) is 4.47. The summed E-state index contributed by atoms with van der Waals surface area (Å²) in [7, 11) is 1.76. The Morgan fingerprint density at radius 1 is 1.29 bits per heavy atom. The molecule has 0 aliphatic heterocycles. The van der Waals surface area contributed by atoms with Crippen LogP contribution in [0, 0.1) is 5.92 Å². The van der Waals surface area contributed by atoms with Gasteiger partial charge < -0.3 is 4.74 Å². The van der Waals surface area contributed by atoms with Gasteiger partial charge in [-0.05, 0) is 11.5 Å². The average Bonchev–Trinajstić information content (AvgIpc) is 2.37. The molecule has 0 radical (unpaired) electrons. The summed E-state index contributed by atoms with van der Waals surface area (Å²) >= 11 is 3.54. The highest BCUT2D eigenvalue weighted by Gasteiger charge is 2.09. The molecule has 0 spiro atoms. The van der Waals surface area contributed by atoms with Gasteiger partial charge in [-0.1, -0.05) is 53.2 Å². The van der Waals surface area contributed by atoms with Crippen molar-refractivity contribution in [1.82, 2.24) is 4.90 Å². The summed E-state index contributed by atoms with van der Waals surface area (Å²) in [5.41, 5.74) is 1.37. The number of rotatable bonds is 8. The van der Waals surface area contributed by atoms with Crippen molar-refractivity contribution in [3.63, 3.8) is 0 Å². The first-order chi connectivity index (χ1) is 8.26. The molecule has 0 fully saturated rings. The molecule has 17 heavy (non-hydrogen) atoms. The summed E-state index contributed by atoms with van der Waals surface area (Å²) in [6.45, 7) is 6.15. The van der Waals surface area contributed by atoms with Gasteiger partial charge in [0.05, 0.1) is 6.61 Å². The highest BCUT2D eigenvalue weighted by Crippen LogP contribution is 2.09. The largest absolute Gasteiger partial charge is 0.383 e. The number of nitrogens with zero attached hydrogens (tertiary/aromatic N) is 1. The maximum Gasteiger partial charge on any atom is 0.0589 e. The first-order valence-corrected chi connectivity index (χ1v) is 7.19. The van der Waals surface area contributed by atoms with Gasteiger partial charge in [0.25, 0.3) is 0 Å². The standard InChI is InChI=1S/C14H22BrNO/c1-13(10-15)11-16(8-9-17-2)12-14-6-4-3-5-7-14/h3-7,13H,8-12H2,1-2H3. The van der Waals surface area contributed by atoms with Gasteiger partial charge in [-0.25, -0.2) is 0 Å². The van der Waals surface area contributed by atoms with Crippen LogP contribution in [0.15, 0.2) is 30.3 Å². The number of ether oxygens (including phenoxy) is 1. The fourth-order valence-electron chi connectivity index (χ4n) is 1.79. The van der Waals surface area contributed by atoms with Crippen molar-refractivity contribution < 1.29 is 4.74 Å². The van der Waals surface area contributed by atoms with E-state index in [9.17, 15) is 0 Å². The van der Waals surface area contributed by atoms with E-state index in [0.29, 0.717) is 5.92 Å². The summed E-state index contributed by atoms with van der Waals surface area (Å²) in [6, 6.07) is 10.6. The highest BCUT2D eigenvalue weighted by atomic mass is 79.9. The smallest absolute Gasteiger partial charge is 0.0589 e. The number of halogens is 1. The van der Waals surface area contributed by atoms with Gasteiger partial charge >= 0.3 is 0 Å². The normalized spacial score (nSPS) is 12.9. The van der Waals surface area contributed by atoms with Crippen LogP contribution in [-0.2, 0) is 11.3 Å². The molecule has 0 aliphatic rings. The second-order valence-corrected chi connectivity index (χ2v) is 5.12. The van der Waals surface area contributed by atoms with E-state index in [1.807, 2.05) is 0 Å². The van der Waals surface area contributed by atoms with Crippen LogP contribution in [0.2, 0.25) is 0 Å². The molecule has 2 nitrogen and oxygen atoms in total. The van der Waals surface area contributed by atoms with Gasteiger partial charge in [-0.15, -0.1) is 0 Å². The van der Waals surface area contributed by atoms with Crippen LogP contribution in [-0.4, -0.2) is 37.0 Å². The molecular formula is C14H22BrNO. The van der Waals surface area contributed by atoms with Crippen molar-refractivity contribution in [3.8, 4) is 0 Å². The van der Waals surface area contributed by atoms with Crippen molar-refractivity contribution in [1.29, 1.82) is 0 Å². The number of methoxy groups -OCH3 is 1. The average molecular weight is 300 g/mol. The lowest BCUT2D eigenvalue weighted by Crippen LogP contribution is -2.31. The Morgan fingerprint density at radius 2 is 2.00 bits per heavy atom. The van der Waals surface area contributed by atoms with E-state index in [1.165, 1.54) is 5.56 Å². The number of benzene rings is 1. The highest BCUT2D eigenvalue weighted by molar-refractivity contribution is 9.09. The summed E-state index contributed by atoms with van der Waals surface area (Å²) < 4.78 is 5.17. The minimum Gasteiger partial charge on any atom is -0.383 e. The van der Waals surface area contributed by atoms with Gasteiger partial charge in [0.15, 0.2) is 0 Å². The van der Waals surface area contributed by atoms with Crippen LogP contribution in [0.25, 0.3) is 0 Å². The maximum absolute atomic E-state index is 5.17. The second kappa shape index (κ2) is 8.67. The minimum absolute atomic E-state index is 0.663. The zero-order valence-electron chi connectivity index (χ0n) is 10.7. The van der Waals surface area contributed by atoms with E-state index in [2.05, 4.69) is 58.1 Å². The van der Waals surface area contributed by atoms with Crippen LogP contribution in [0.3, 0.4) is 0 Å². The summed E-state index contributed by atoms with van der Waals surface area (Å²) in [6.07, 6.45) is 0. The zero-order valence-corrected chi connectivity index (χ0v) is 12.3. The van der Waals surface area contributed by atoms with E-state index >= 15 is 0 Å². The van der Waals surface area contributed by atoms with E-state index < -0.39 is 0 Å². The van der Waals surface area contributed by atoms with E-state index in [4.69, 9.17) is 4.74 Å². The molecule has 1 aromatic rings. The number of hydrogen-bond donors (Lipinski definition) is 0. The van der Waals surface area contributed by atoms with E-state index in [0.717, 1.165) is 31.6 Å². The van der Waals surface area contributed by atoms with Crippen LogP contribution in [0.1, 0.15) is 12.5 Å². The Labute approximate surface area is 113 Å². The molecule has 96 valence electrons. The van der Waals surface area contributed by atoms with Crippen LogP contribution in [0.4, 0.5) is 0 Å². The van der Waals surface area contributed by atoms with Gasteiger partial charge in [-0.2, -0.15) is 0 Å². The third kappa shape index (κ3) is 6.20. The molecule has 0 aromatic heterocycles. The van der Waals surface area contributed by atoms with Crippen LogP contribution >= 0.6 is 15.9 Å². The number of hydrogen-bond acceptors (Lipinski definition) is 2. The third-order valence-corrected chi connectivity index (χ3v) is 3.80. The Morgan fingerprint density at radius 3 is 2.59 bits per heavy atom. The molecule has 1 aromatic carbocycles. The first-order valence-electron chi connectivity index (χ1n) is 6.07. The van der Waals surface area contributed by atoms with Crippen LogP contribution in [0.5, 0.6) is 0 Å². The Hall–Kier alpha value is -0.380. The first kappa shape index (κ1) is 14.7. The summed E-state index contributed by atoms with van der Waals surface area (Å²) in [5, 5.41) is 1.05. The molecule has 1 atom stereocenters. The maximum atomic E-state index is 5.17. The lowest BCUT2D eigenvalue weighted by molar-refractivity contribution is 0.136. The zero-order chi connectivity index (χ0) is 12.5. The van der Waals surface area contributed by atoms with Crippen LogP contribution < -0.4 is 0 Å². The monoisotopic (exact) mass is 299 g/mol. The molecule has 0 aliphatic carbocycles. The van der Waals surface area contributed by atoms with Gasteiger partial charge in [0.1, 0.15) is 0 Å². The molecule has 0 amide bonds. The van der Waals surface area contributed by atoms with Gasteiger partial charge in [0.2, 0.25) is 0 Å². The summed E-state index contributed by atoms with van der Waals surface area (Å²) in [5.74, 6) is 0.663. The van der Waals surface area contributed by atoms with E-state index in [-0.39, 0.29) is 0 Å². The molecule has 0 heterocycles. The predicted octanol–water partition coefficient (Wildman–Crippen LogP) is 3.17.